The molecule has 2 heterocycles. The molecule has 49 heavy (non-hydrogen) atoms. The van der Waals surface area contributed by atoms with Crippen molar-refractivity contribution in [3.8, 4) is 22.3 Å². The molecule has 2 fully saturated rings. The number of aromatic nitrogens is 4. The molecular formula is C38H45ClN6O4. The zero-order valence-corrected chi connectivity index (χ0v) is 29.5. The van der Waals surface area contributed by atoms with Crippen LogP contribution in [-0.2, 0) is 9.47 Å². The second kappa shape index (κ2) is 17.2. The molecule has 0 spiro atoms. The maximum Gasteiger partial charge on any atom is 0.338 e. The van der Waals surface area contributed by atoms with Crippen molar-refractivity contribution in [1.82, 2.24) is 19.9 Å². The van der Waals surface area contributed by atoms with Crippen LogP contribution < -0.4 is 10.6 Å². The summed E-state index contributed by atoms with van der Waals surface area (Å²) >= 11 is 6.42. The molecule has 0 aliphatic heterocycles. The van der Waals surface area contributed by atoms with E-state index in [9.17, 15) is 9.59 Å². The summed E-state index contributed by atoms with van der Waals surface area (Å²) in [4.78, 5) is 41.4. The largest absolute Gasteiger partial charge is 0.462 e. The number of aryl methyl sites for hydroxylation is 2. The summed E-state index contributed by atoms with van der Waals surface area (Å²) in [6.45, 7) is 8.05. The highest BCUT2D eigenvalue weighted by molar-refractivity contribution is 6.32. The van der Waals surface area contributed by atoms with Crippen molar-refractivity contribution in [2.24, 2.45) is 0 Å². The summed E-state index contributed by atoms with van der Waals surface area (Å²) in [5.74, 6) is 2.39. The van der Waals surface area contributed by atoms with Gasteiger partial charge in [-0.3, -0.25) is 0 Å². The maximum atomic E-state index is 11.8. The molecule has 4 aromatic rings. The molecule has 0 atom stereocenters. The van der Waals surface area contributed by atoms with E-state index in [-0.39, 0.29) is 11.9 Å². The minimum absolute atomic E-state index is 0.298. The normalized spacial score (nSPS) is 14.6. The fourth-order valence-corrected chi connectivity index (χ4v) is 6.53. The van der Waals surface area contributed by atoms with Gasteiger partial charge in [0.15, 0.2) is 0 Å². The standard InChI is InChI=1S/C19H22ClN3O2.C19H23N3O2/c1-3-25-19(24)14-10-8-13(9-11-14)16-17(20)21-12(2)22-18(16)23-15-6-4-5-7-15;1-3-24-19(23)15-10-8-14(9-11-15)17-12-20-13(2)21-18(17)22-16-6-4-5-7-16/h8-11,15H,3-7H2,1-2H3,(H,21,22,23);8-12,16H,3-7H2,1-2H3,(H,20,21,22). The highest BCUT2D eigenvalue weighted by Gasteiger charge is 2.21. The van der Waals surface area contributed by atoms with Crippen molar-refractivity contribution in [3.05, 3.63) is 82.7 Å². The molecule has 2 saturated carbocycles. The second-order valence-electron chi connectivity index (χ2n) is 12.3. The van der Waals surface area contributed by atoms with Crippen LogP contribution in [0, 0.1) is 13.8 Å². The maximum absolute atomic E-state index is 11.8. The molecule has 2 aliphatic rings. The lowest BCUT2D eigenvalue weighted by atomic mass is 10.1. The molecule has 0 bridgehead atoms. The summed E-state index contributed by atoms with van der Waals surface area (Å²) in [7, 11) is 0. The van der Waals surface area contributed by atoms with Crippen molar-refractivity contribution in [3.63, 3.8) is 0 Å². The summed E-state index contributed by atoms with van der Waals surface area (Å²) in [5.41, 5.74) is 4.67. The van der Waals surface area contributed by atoms with Crippen LogP contribution in [0.1, 0.15) is 97.6 Å². The molecule has 2 aliphatic carbocycles. The molecule has 2 aromatic heterocycles. The third-order valence-corrected chi connectivity index (χ3v) is 8.94. The minimum Gasteiger partial charge on any atom is -0.462 e. The van der Waals surface area contributed by atoms with Crippen LogP contribution >= 0.6 is 11.6 Å². The van der Waals surface area contributed by atoms with Crippen LogP contribution in [0.5, 0.6) is 0 Å². The highest BCUT2D eigenvalue weighted by Crippen LogP contribution is 2.35. The number of anilines is 2. The lowest BCUT2D eigenvalue weighted by Gasteiger charge is -2.17. The van der Waals surface area contributed by atoms with Gasteiger partial charge in [-0.25, -0.2) is 29.5 Å². The molecule has 0 amide bonds. The number of ether oxygens (including phenoxy) is 2. The Balaban J connectivity index is 0.000000191. The minimum atomic E-state index is -0.329. The van der Waals surface area contributed by atoms with Crippen LogP contribution in [0.2, 0.25) is 5.15 Å². The Morgan fingerprint density at radius 2 is 1.16 bits per heavy atom. The molecule has 258 valence electrons. The predicted molar refractivity (Wildman–Crippen MR) is 193 cm³/mol. The first kappa shape index (κ1) is 35.7. The van der Waals surface area contributed by atoms with Gasteiger partial charge in [0, 0.05) is 23.8 Å². The number of hydrogen-bond donors (Lipinski definition) is 2. The van der Waals surface area contributed by atoms with Crippen molar-refractivity contribution in [2.75, 3.05) is 23.8 Å². The number of carbonyl (C=O) groups is 2. The van der Waals surface area contributed by atoms with Gasteiger partial charge in [-0.15, -0.1) is 0 Å². The lowest BCUT2D eigenvalue weighted by molar-refractivity contribution is 0.0517. The summed E-state index contributed by atoms with van der Waals surface area (Å²) in [6.07, 6.45) is 11.5. The molecule has 10 nitrogen and oxygen atoms in total. The predicted octanol–water partition coefficient (Wildman–Crippen LogP) is 8.62. The van der Waals surface area contributed by atoms with Crippen molar-refractivity contribution in [1.29, 1.82) is 0 Å². The first-order valence-corrected chi connectivity index (χ1v) is 17.6. The van der Waals surface area contributed by atoms with Gasteiger partial charge in [0.2, 0.25) is 0 Å². The third-order valence-electron chi connectivity index (χ3n) is 8.67. The molecule has 2 aromatic carbocycles. The van der Waals surface area contributed by atoms with Gasteiger partial charge in [0.05, 0.1) is 29.9 Å². The number of benzene rings is 2. The Labute approximate surface area is 293 Å². The molecule has 0 unspecified atom stereocenters. The number of hydrogen-bond acceptors (Lipinski definition) is 10. The third kappa shape index (κ3) is 9.53. The van der Waals surface area contributed by atoms with Gasteiger partial charge in [0.25, 0.3) is 0 Å². The molecule has 11 heteroatoms. The van der Waals surface area contributed by atoms with E-state index in [2.05, 4.69) is 30.6 Å². The lowest BCUT2D eigenvalue weighted by Crippen LogP contribution is -2.17. The van der Waals surface area contributed by atoms with E-state index < -0.39 is 0 Å². The van der Waals surface area contributed by atoms with E-state index >= 15 is 0 Å². The Kier molecular flexibility index (Phi) is 12.5. The topological polar surface area (TPSA) is 128 Å². The van der Waals surface area contributed by atoms with E-state index in [1.54, 1.807) is 38.1 Å². The number of rotatable bonds is 10. The average molecular weight is 685 g/mol. The first-order valence-electron chi connectivity index (χ1n) is 17.2. The van der Waals surface area contributed by atoms with Gasteiger partial charge >= 0.3 is 11.9 Å². The number of nitrogens with zero attached hydrogens (tertiary/aromatic N) is 4. The zero-order valence-electron chi connectivity index (χ0n) is 28.7. The summed E-state index contributed by atoms with van der Waals surface area (Å²) < 4.78 is 10.0. The highest BCUT2D eigenvalue weighted by atomic mass is 35.5. The van der Waals surface area contributed by atoms with Gasteiger partial charge in [-0.1, -0.05) is 61.5 Å². The summed E-state index contributed by atoms with van der Waals surface area (Å²) in [5, 5.41) is 7.50. The quantitative estimate of drug-likeness (QED) is 0.124. The average Bonchev–Trinajstić information content (AvgIpc) is 3.80. The van der Waals surface area contributed by atoms with Crippen LogP contribution in [0.25, 0.3) is 22.3 Å². The molecular weight excluding hydrogens is 640 g/mol. The first-order chi connectivity index (χ1) is 23.7. The van der Waals surface area contributed by atoms with Crippen LogP contribution in [-0.4, -0.2) is 57.2 Å². The van der Waals surface area contributed by atoms with Crippen LogP contribution in [0.3, 0.4) is 0 Å². The Bertz CT molecular complexity index is 1720. The zero-order chi connectivity index (χ0) is 34.8. The number of halogens is 1. The van der Waals surface area contributed by atoms with E-state index in [4.69, 9.17) is 21.1 Å². The van der Waals surface area contributed by atoms with E-state index in [0.717, 1.165) is 52.6 Å². The van der Waals surface area contributed by atoms with Gasteiger partial charge in [-0.05, 0) is 88.8 Å². The van der Waals surface area contributed by atoms with Crippen LogP contribution in [0.4, 0.5) is 11.6 Å². The van der Waals surface area contributed by atoms with Gasteiger partial charge in [-0.2, -0.15) is 0 Å². The fraction of sp³-hybridized carbons (Fsp3) is 0.421. The Morgan fingerprint density at radius 3 is 1.67 bits per heavy atom. The monoisotopic (exact) mass is 684 g/mol. The summed E-state index contributed by atoms with van der Waals surface area (Å²) in [6, 6.07) is 15.5. The molecule has 6 rings (SSSR count). The van der Waals surface area contributed by atoms with Crippen molar-refractivity contribution >= 4 is 35.2 Å². The van der Waals surface area contributed by atoms with Crippen molar-refractivity contribution < 1.29 is 19.1 Å². The Morgan fingerprint density at radius 1 is 0.694 bits per heavy atom. The van der Waals surface area contributed by atoms with E-state index in [1.165, 1.54) is 38.5 Å². The fourth-order valence-electron chi connectivity index (χ4n) is 6.20. The smallest absolute Gasteiger partial charge is 0.338 e. The number of carbonyl (C=O) groups excluding carboxylic acids is 2. The molecule has 0 radical (unpaired) electrons. The van der Waals surface area contributed by atoms with Gasteiger partial charge in [0.1, 0.15) is 28.4 Å². The molecule has 2 N–H and O–H groups in total. The van der Waals surface area contributed by atoms with Crippen LogP contribution in [0.15, 0.2) is 54.7 Å². The SMILES string of the molecule is CCOC(=O)c1ccc(-c2c(Cl)nc(C)nc2NC2CCCC2)cc1.CCOC(=O)c1ccc(-c2cnc(C)nc2NC2CCCC2)cc1. The number of nitrogens with one attached hydrogen (secondary N) is 2. The Hall–Kier alpha value is -4.57. The second-order valence-corrected chi connectivity index (χ2v) is 12.7. The van der Waals surface area contributed by atoms with E-state index in [1.807, 2.05) is 44.3 Å². The molecule has 0 saturated heterocycles. The van der Waals surface area contributed by atoms with Crippen molar-refractivity contribution in [2.45, 2.75) is 91.1 Å². The van der Waals surface area contributed by atoms with E-state index in [0.29, 0.717) is 47.4 Å². The van der Waals surface area contributed by atoms with Gasteiger partial charge < -0.3 is 20.1 Å². The number of esters is 2.